The fourth-order valence-electron chi connectivity index (χ4n) is 2.54. The van der Waals surface area contributed by atoms with Gasteiger partial charge in [0.15, 0.2) is 0 Å². The van der Waals surface area contributed by atoms with Crippen LogP contribution in [0.25, 0.3) is 0 Å². The van der Waals surface area contributed by atoms with Crippen molar-refractivity contribution in [1.29, 1.82) is 0 Å². The van der Waals surface area contributed by atoms with Crippen molar-refractivity contribution in [3.05, 3.63) is 23.8 Å². The lowest BCUT2D eigenvalue weighted by atomic mass is 10.1. The number of ether oxygens (including phenoxy) is 1. The first-order chi connectivity index (χ1) is 9.87. The van der Waals surface area contributed by atoms with Crippen molar-refractivity contribution in [2.45, 2.75) is 37.1 Å². The number of methoxy groups -OCH3 is 1. The molecule has 0 aromatic heterocycles. The first-order valence-electron chi connectivity index (χ1n) is 6.77. The van der Waals surface area contributed by atoms with E-state index in [0.717, 1.165) is 16.3 Å². The van der Waals surface area contributed by atoms with Gasteiger partial charge in [-0.05, 0) is 43.9 Å². The monoisotopic (exact) mass is 313 g/mol. The topological polar surface area (TPSA) is 83.9 Å². The van der Waals surface area contributed by atoms with Crippen molar-refractivity contribution in [2.75, 3.05) is 13.7 Å². The summed E-state index contributed by atoms with van der Waals surface area (Å²) in [5.41, 5.74) is 0.759. The fraction of sp³-hybridized carbons (Fsp3) is 0.500. The lowest BCUT2D eigenvalue weighted by Gasteiger charge is -2.32. The molecule has 1 aromatic carbocycles. The number of esters is 1. The second kappa shape index (κ2) is 6.03. The number of sulfonamides is 1. The Bertz CT molecular complexity index is 641. The van der Waals surface area contributed by atoms with E-state index in [2.05, 4.69) is 0 Å². The van der Waals surface area contributed by atoms with Gasteiger partial charge in [0.25, 0.3) is 0 Å². The third-order valence-corrected chi connectivity index (χ3v) is 5.58. The number of phenols is 1. The molecule has 0 unspecified atom stereocenters. The van der Waals surface area contributed by atoms with Crippen LogP contribution in [0.3, 0.4) is 0 Å². The van der Waals surface area contributed by atoms with Crippen LogP contribution in [0.4, 0.5) is 0 Å². The highest BCUT2D eigenvalue weighted by molar-refractivity contribution is 7.89. The lowest BCUT2D eigenvalue weighted by molar-refractivity contribution is -0.146. The van der Waals surface area contributed by atoms with Crippen LogP contribution < -0.4 is 0 Å². The van der Waals surface area contributed by atoms with Gasteiger partial charge in [-0.1, -0.05) is 6.07 Å². The van der Waals surface area contributed by atoms with E-state index in [1.807, 2.05) is 0 Å². The molecule has 0 saturated carbocycles. The number of rotatable bonds is 3. The minimum absolute atomic E-state index is 0.177. The zero-order valence-corrected chi connectivity index (χ0v) is 12.9. The van der Waals surface area contributed by atoms with Gasteiger partial charge in [-0.15, -0.1) is 0 Å². The van der Waals surface area contributed by atoms with Gasteiger partial charge in [-0.25, -0.2) is 8.42 Å². The summed E-state index contributed by atoms with van der Waals surface area (Å²) in [7, 11) is -2.69. The molecule has 0 radical (unpaired) electrons. The van der Waals surface area contributed by atoms with Gasteiger partial charge in [0, 0.05) is 6.54 Å². The first kappa shape index (κ1) is 15.8. The zero-order valence-electron chi connectivity index (χ0n) is 12.1. The van der Waals surface area contributed by atoms with E-state index >= 15 is 0 Å². The van der Waals surface area contributed by atoms with Crippen LogP contribution in [-0.2, 0) is 19.6 Å². The Labute approximate surface area is 124 Å². The molecule has 1 aromatic rings. The minimum atomic E-state index is -3.93. The van der Waals surface area contributed by atoms with Crippen molar-refractivity contribution in [2.24, 2.45) is 0 Å². The molecule has 7 heteroatoms. The molecule has 21 heavy (non-hydrogen) atoms. The second-order valence-corrected chi connectivity index (χ2v) is 6.98. The molecule has 2 rings (SSSR count). The van der Waals surface area contributed by atoms with Crippen molar-refractivity contribution in [3.63, 3.8) is 0 Å². The van der Waals surface area contributed by atoms with Gasteiger partial charge >= 0.3 is 5.97 Å². The average molecular weight is 313 g/mol. The van der Waals surface area contributed by atoms with E-state index in [1.54, 1.807) is 13.0 Å². The van der Waals surface area contributed by atoms with Crippen molar-refractivity contribution in [3.8, 4) is 5.75 Å². The smallest absolute Gasteiger partial charge is 0.324 e. The summed E-state index contributed by atoms with van der Waals surface area (Å²) < 4.78 is 31.2. The van der Waals surface area contributed by atoms with Gasteiger partial charge in [-0.3, -0.25) is 4.79 Å². The molecule has 6 nitrogen and oxygen atoms in total. The number of aryl methyl sites for hydroxylation is 1. The fourth-order valence-corrected chi connectivity index (χ4v) is 4.25. The van der Waals surface area contributed by atoms with Crippen molar-refractivity contribution >= 4 is 16.0 Å². The molecule has 0 aliphatic carbocycles. The highest BCUT2D eigenvalue weighted by atomic mass is 32.2. The number of piperidine rings is 1. The van der Waals surface area contributed by atoms with Gasteiger partial charge in [0.2, 0.25) is 10.0 Å². The number of nitrogens with zero attached hydrogens (tertiary/aromatic N) is 1. The largest absolute Gasteiger partial charge is 0.507 e. The van der Waals surface area contributed by atoms with E-state index in [0.29, 0.717) is 12.8 Å². The van der Waals surface area contributed by atoms with Crippen LogP contribution in [0.1, 0.15) is 24.8 Å². The van der Waals surface area contributed by atoms with Crippen LogP contribution in [0.15, 0.2) is 23.1 Å². The predicted molar refractivity (Wildman–Crippen MR) is 76.4 cm³/mol. The number of carbonyl (C=O) groups is 1. The third-order valence-electron chi connectivity index (χ3n) is 3.63. The summed E-state index contributed by atoms with van der Waals surface area (Å²) in [4.78, 5) is 11.6. The molecule has 1 heterocycles. The molecule has 0 amide bonds. The maximum absolute atomic E-state index is 12.7. The normalized spacial score (nSPS) is 20.2. The molecule has 1 N–H and O–H groups in total. The Morgan fingerprint density at radius 1 is 1.38 bits per heavy atom. The average Bonchev–Trinajstić information content (AvgIpc) is 2.46. The van der Waals surface area contributed by atoms with E-state index < -0.39 is 22.0 Å². The van der Waals surface area contributed by atoms with Gasteiger partial charge in [0.1, 0.15) is 16.7 Å². The van der Waals surface area contributed by atoms with E-state index in [1.165, 1.54) is 19.2 Å². The SMILES string of the molecule is COC(=O)[C@@H]1CCCCN1S(=O)(=O)c1ccc(C)cc1O. The number of aromatic hydroxyl groups is 1. The lowest BCUT2D eigenvalue weighted by Crippen LogP contribution is -2.48. The molecule has 0 spiro atoms. The molecule has 0 bridgehead atoms. The number of carbonyl (C=O) groups excluding carboxylic acids is 1. The summed E-state index contributed by atoms with van der Waals surface area (Å²) in [6.07, 6.45) is 1.88. The summed E-state index contributed by atoms with van der Waals surface area (Å²) in [5.74, 6) is -0.867. The Kier molecular flexibility index (Phi) is 4.53. The summed E-state index contributed by atoms with van der Waals surface area (Å²) >= 11 is 0. The van der Waals surface area contributed by atoms with Crippen LogP contribution in [0, 0.1) is 6.92 Å². The Balaban J connectivity index is 2.43. The molecule has 1 saturated heterocycles. The van der Waals surface area contributed by atoms with Gasteiger partial charge < -0.3 is 9.84 Å². The number of hydrogen-bond acceptors (Lipinski definition) is 5. The molecule has 1 fully saturated rings. The third kappa shape index (κ3) is 3.03. The van der Waals surface area contributed by atoms with Gasteiger partial charge in [-0.2, -0.15) is 4.31 Å². The molecular weight excluding hydrogens is 294 g/mol. The summed E-state index contributed by atoms with van der Waals surface area (Å²) in [5, 5.41) is 9.92. The number of hydrogen-bond donors (Lipinski definition) is 1. The van der Waals surface area contributed by atoms with E-state index in [9.17, 15) is 18.3 Å². The maximum Gasteiger partial charge on any atom is 0.324 e. The quantitative estimate of drug-likeness (QED) is 0.853. The van der Waals surface area contributed by atoms with Crippen LogP contribution in [0.2, 0.25) is 0 Å². The Hall–Kier alpha value is -1.60. The van der Waals surface area contributed by atoms with Crippen LogP contribution in [-0.4, -0.2) is 43.5 Å². The molecule has 1 aliphatic heterocycles. The van der Waals surface area contributed by atoms with Crippen molar-refractivity contribution in [1.82, 2.24) is 4.31 Å². The highest BCUT2D eigenvalue weighted by Crippen LogP contribution is 2.31. The Morgan fingerprint density at radius 3 is 2.71 bits per heavy atom. The highest BCUT2D eigenvalue weighted by Gasteiger charge is 2.39. The molecular formula is C14H19NO5S. The Morgan fingerprint density at radius 2 is 2.10 bits per heavy atom. The molecule has 1 atom stereocenters. The van der Waals surface area contributed by atoms with Gasteiger partial charge in [0.05, 0.1) is 7.11 Å². The predicted octanol–water partition coefficient (Wildman–Crippen LogP) is 1.42. The van der Waals surface area contributed by atoms with Crippen molar-refractivity contribution < 1.29 is 23.1 Å². The zero-order chi connectivity index (χ0) is 15.6. The van der Waals surface area contributed by atoms with E-state index in [4.69, 9.17) is 4.74 Å². The minimum Gasteiger partial charge on any atom is -0.507 e. The maximum atomic E-state index is 12.7. The standard InChI is InChI=1S/C14H19NO5S/c1-10-6-7-13(12(16)9-10)21(18,19)15-8-4-3-5-11(15)14(17)20-2/h6-7,9,11,16H,3-5,8H2,1-2H3/t11-/m0/s1. The van der Waals surface area contributed by atoms with E-state index in [-0.39, 0.29) is 17.2 Å². The summed E-state index contributed by atoms with van der Waals surface area (Å²) in [6, 6.07) is 3.55. The number of phenolic OH excluding ortho intramolecular Hbond substituents is 1. The van der Waals surface area contributed by atoms with Crippen LogP contribution >= 0.6 is 0 Å². The number of benzene rings is 1. The first-order valence-corrected chi connectivity index (χ1v) is 8.21. The molecule has 116 valence electrons. The summed E-state index contributed by atoms with van der Waals surface area (Å²) in [6.45, 7) is 2.00. The van der Waals surface area contributed by atoms with Crippen LogP contribution in [0.5, 0.6) is 5.75 Å². The second-order valence-electron chi connectivity index (χ2n) is 5.12. The molecule has 1 aliphatic rings.